The lowest BCUT2D eigenvalue weighted by Gasteiger charge is -2.30. The van der Waals surface area contributed by atoms with Crippen molar-refractivity contribution in [2.24, 2.45) is 0 Å². The monoisotopic (exact) mass is 337 g/mol. The van der Waals surface area contributed by atoms with Crippen molar-refractivity contribution in [3.05, 3.63) is 45.6 Å². The van der Waals surface area contributed by atoms with E-state index < -0.39 is 6.04 Å². The van der Waals surface area contributed by atoms with Crippen LogP contribution in [0.25, 0.3) is 0 Å². The zero-order chi connectivity index (χ0) is 14.9. The Hall–Kier alpha value is -1.82. The predicted molar refractivity (Wildman–Crippen MR) is 79.9 cm³/mol. The summed E-state index contributed by atoms with van der Waals surface area (Å²) in [4.78, 5) is 25.5. The van der Waals surface area contributed by atoms with Gasteiger partial charge in [0.15, 0.2) is 0 Å². The molecule has 0 saturated heterocycles. The molecule has 0 spiro atoms. The maximum absolute atomic E-state index is 12.3. The van der Waals surface area contributed by atoms with Gasteiger partial charge in [0.05, 0.1) is 11.6 Å². The van der Waals surface area contributed by atoms with Crippen LogP contribution in [0.3, 0.4) is 0 Å². The number of carbonyl (C=O) groups is 2. The minimum absolute atomic E-state index is 0.122. The van der Waals surface area contributed by atoms with Crippen molar-refractivity contribution in [2.75, 3.05) is 14.1 Å². The molecule has 2 rings (SSSR count). The predicted octanol–water partition coefficient (Wildman–Crippen LogP) is 2.17. The van der Waals surface area contributed by atoms with Crippen LogP contribution < -0.4 is 10.6 Å². The van der Waals surface area contributed by atoms with Gasteiger partial charge in [0, 0.05) is 24.3 Å². The summed E-state index contributed by atoms with van der Waals surface area (Å²) in [6.45, 7) is 1.74. The molecular weight excluding hydrogens is 322 g/mol. The number of halogens is 1. The number of nitrogens with one attached hydrogen (secondary N) is 2. The van der Waals surface area contributed by atoms with Gasteiger partial charge in [-0.3, -0.25) is 4.79 Å². The highest BCUT2D eigenvalue weighted by Crippen LogP contribution is 2.28. The molecule has 0 fully saturated rings. The summed E-state index contributed by atoms with van der Waals surface area (Å²) in [5.74, 6) is -0.122. The van der Waals surface area contributed by atoms with Crippen molar-refractivity contribution in [1.82, 2.24) is 15.5 Å². The minimum Gasteiger partial charge on any atom is -0.345 e. The highest BCUT2D eigenvalue weighted by molar-refractivity contribution is 9.10. The van der Waals surface area contributed by atoms with Gasteiger partial charge < -0.3 is 15.5 Å². The van der Waals surface area contributed by atoms with Crippen molar-refractivity contribution in [1.29, 1.82) is 0 Å². The van der Waals surface area contributed by atoms with E-state index in [4.69, 9.17) is 0 Å². The topological polar surface area (TPSA) is 61.4 Å². The van der Waals surface area contributed by atoms with Gasteiger partial charge in [0.25, 0.3) is 5.91 Å². The average Bonchev–Trinajstić information content (AvgIpc) is 2.38. The highest BCUT2D eigenvalue weighted by Gasteiger charge is 2.31. The highest BCUT2D eigenvalue weighted by atomic mass is 79.9. The first-order chi connectivity index (χ1) is 9.40. The van der Waals surface area contributed by atoms with E-state index in [0.29, 0.717) is 11.3 Å². The van der Waals surface area contributed by atoms with Crippen LogP contribution in [0.1, 0.15) is 18.5 Å². The van der Waals surface area contributed by atoms with E-state index in [1.165, 1.54) is 4.90 Å². The Bertz CT molecular complexity index is 579. The molecule has 6 heteroatoms. The number of hydrogen-bond acceptors (Lipinski definition) is 2. The minimum atomic E-state index is -0.438. The number of nitrogens with zero attached hydrogens (tertiary/aromatic N) is 1. The molecule has 1 aliphatic rings. The van der Waals surface area contributed by atoms with Gasteiger partial charge in [-0.15, -0.1) is 0 Å². The smallest absolute Gasteiger partial charge is 0.319 e. The molecule has 1 heterocycles. The van der Waals surface area contributed by atoms with Crippen LogP contribution in [0.5, 0.6) is 0 Å². The largest absolute Gasteiger partial charge is 0.345 e. The fourth-order valence-electron chi connectivity index (χ4n) is 2.12. The van der Waals surface area contributed by atoms with Crippen LogP contribution >= 0.6 is 15.9 Å². The van der Waals surface area contributed by atoms with Crippen LogP contribution in [0.2, 0.25) is 0 Å². The Morgan fingerprint density at radius 3 is 2.40 bits per heavy atom. The molecule has 3 amide bonds. The maximum Gasteiger partial charge on any atom is 0.319 e. The normalized spacial score (nSPS) is 18.4. The van der Waals surface area contributed by atoms with Gasteiger partial charge in [0.2, 0.25) is 0 Å². The molecule has 0 radical (unpaired) electrons. The zero-order valence-corrected chi connectivity index (χ0v) is 13.1. The van der Waals surface area contributed by atoms with Gasteiger partial charge in [-0.25, -0.2) is 4.79 Å². The number of carbonyl (C=O) groups excluding carboxylic acids is 2. The third-order valence-electron chi connectivity index (χ3n) is 3.11. The molecule has 1 aliphatic heterocycles. The Labute approximate surface area is 126 Å². The van der Waals surface area contributed by atoms with Crippen molar-refractivity contribution < 1.29 is 9.59 Å². The molecule has 2 N–H and O–H groups in total. The molecule has 0 saturated carbocycles. The third kappa shape index (κ3) is 2.85. The van der Waals surface area contributed by atoms with E-state index in [0.717, 1.165) is 10.0 Å². The van der Waals surface area contributed by atoms with E-state index in [9.17, 15) is 9.59 Å². The Morgan fingerprint density at radius 2 is 1.85 bits per heavy atom. The van der Waals surface area contributed by atoms with E-state index in [1.807, 2.05) is 24.3 Å². The summed E-state index contributed by atoms with van der Waals surface area (Å²) in [6.07, 6.45) is 0. The van der Waals surface area contributed by atoms with Crippen LogP contribution in [-0.4, -0.2) is 30.9 Å². The number of likely N-dealkylation sites (N-methyl/N-ethyl adjacent to an activating group) is 1. The van der Waals surface area contributed by atoms with Crippen LogP contribution in [0.15, 0.2) is 40.0 Å². The van der Waals surface area contributed by atoms with Gasteiger partial charge in [-0.1, -0.05) is 28.1 Å². The van der Waals surface area contributed by atoms with E-state index in [2.05, 4.69) is 26.6 Å². The number of hydrogen-bond donors (Lipinski definition) is 2. The quantitative estimate of drug-likeness (QED) is 0.868. The number of allylic oxidation sites excluding steroid dienone is 1. The lowest BCUT2D eigenvalue weighted by atomic mass is 9.95. The fourth-order valence-corrected chi connectivity index (χ4v) is 2.39. The van der Waals surface area contributed by atoms with E-state index >= 15 is 0 Å². The van der Waals surface area contributed by atoms with Gasteiger partial charge in [0.1, 0.15) is 0 Å². The van der Waals surface area contributed by atoms with Crippen LogP contribution in [0, 0.1) is 0 Å². The summed E-state index contributed by atoms with van der Waals surface area (Å²) >= 11 is 3.37. The first kappa shape index (κ1) is 14.6. The van der Waals surface area contributed by atoms with E-state index in [-0.39, 0.29) is 11.9 Å². The molecule has 106 valence electrons. The van der Waals surface area contributed by atoms with Crippen LogP contribution in [0.4, 0.5) is 4.79 Å². The Kier molecular flexibility index (Phi) is 4.13. The standard InChI is InChI=1S/C14H16BrN3O2/c1-8-11(13(19)18(2)3)12(17-14(20)16-8)9-4-6-10(15)7-5-9/h4-7,12H,1-3H3,(H2,16,17,20). The second-order valence-electron chi connectivity index (χ2n) is 4.82. The van der Waals surface area contributed by atoms with Crippen LogP contribution in [-0.2, 0) is 4.79 Å². The van der Waals surface area contributed by atoms with Crippen molar-refractivity contribution >= 4 is 27.9 Å². The van der Waals surface area contributed by atoms with Crippen molar-refractivity contribution in [3.63, 3.8) is 0 Å². The molecule has 0 aliphatic carbocycles. The second kappa shape index (κ2) is 5.66. The first-order valence-electron chi connectivity index (χ1n) is 6.15. The molecule has 0 aromatic heterocycles. The van der Waals surface area contributed by atoms with Gasteiger partial charge in [-0.05, 0) is 24.6 Å². The Balaban J connectivity index is 2.47. The summed E-state index contributed by atoms with van der Waals surface area (Å²) < 4.78 is 0.947. The zero-order valence-electron chi connectivity index (χ0n) is 11.5. The van der Waals surface area contributed by atoms with Gasteiger partial charge in [-0.2, -0.15) is 0 Å². The lowest BCUT2D eigenvalue weighted by Crippen LogP contribution is -2.46. The Morgan fingerprint density at radius 1 is 1.25 bits per heavy atom. The number of benzene rings is 1. The second-order valence-corrected chi connectivity index (χ2v) is 5.74. The van der Waals surface area contributed by atoms with Crippen molar-refractivity contribution in [2.45, 2.75) is 13.0 Å². The summed E-state index contributed by atoms with van der Waals surface area (Å²) in [7, 11) is 3.38. The first-order valence-corrected chi connectivity index (χ1v) is 6.95. The summed E-state index contributed by atoms with van der Waals surface area (Å²) in [5.41, 5.74) is 2.00. The van der Waals surface area contributed by atoms with E-state index in [1.54, 1.807) is 21.0 Å². The average molecular weight is 338 g/mol. The fraction of sp³-hybridized carbons (Fsp3) is 0.286. The molecule has 5 nitrogen and oxygen atoms in total. The molecule has 1 aromatic carbocycles. The molecule has 20 heavy (non-hydrogen) atoms. The molecular formula is C14H16BrN3O2. The third-order valence-corrected chi connectivity index (χ3v) is 3.64. The summed E-state index contributed by atoms with van der Waals surface area (Å²) in [6, 6.07) is 6.80. The van der Waals surface area contributed by atoms with Gasteiger partial charge >= 0.3 is 6.03 Å². The molecule has 1 aromatic rings. The number of urea groups is 1. The molecule has 1 unspecified atom stereocenters. The molecule has 1 atom stereocenters. The molecule has 0 bridgehead atoms. The summed E-state index contributed by atoms with van der Waals surface area (Å²) in [5, 5.41) is 5.45. The maximum atomic E-state index is 12.3. The SMILES string of the molecule is CC1=C(C(=O)N(C)C)C(c2ccc(Br)cc2)NC(=O)N1. The number of amides is 3. The number of rotatable bonds is 2. The van der Waals surface area contributed by atoms with Crippen molar-refractivity contribution in [3.8, 4) is 0 Å². The lowest BCUT2D eigenvalue weighted by molar-refractivity contribution is -0.125.